The first kappa shape index (κ1) is 11.7. The van der Waals surface area contributed by atoms with Crippen molar-refractivity contribution < 1.29 is 5.11 Å². The molecule has 1 atom stereocenters. The summed E-state index contributed by atoms with van der Waals surface area (Å²) in [5, 5.41) is 10.3. The van der Waals surface area contributed by atoms with E-state index in [0.29, 0.717) is 11.3 Å². The molecule has 0 saturated heterocycles. The van der Waals surface area contributed by atoms with E-state index < -0.39 is 0 Å². The second-order valence-electron chi connectivity index (χ2n) is 5.86. The molecule has 1 aromatic carbocycles. The third-order valence-corrected chi connectivity index (χ3v) is 3.97. The second-order valence-corrected chi connectivity index (χ2v) is 5.86. The molecule has 1 aliphatic rings. The summed E-state index contributed by atoms with van der Waals surface area (Å²) in [7, 11) is 0. The Morgan fingerprint density at radius 2 is 1.69 bits per heavy atom. The average Bonchev–Trinajstić information content (AvgIpc) is 2.29. The van der Waals surface area contributed by atoms with Crippen LogP contribution in [0.4, 0.5) is 0 Å². The fourth-order valence-electron chi connectivity index (χ4n) is 2.66. The Bertz CT molecular complexity index is 319. The van der Waals surface area contributed by atoms with Crippen molar-refractivity contribution in [2.45, 2.75) is 45.6 Å². The van der Waals surface area contributed by atoms with Crippen molar-refractivity contribution >= 4 is 0 Å². The Hall–Kier alpha value is -0.820. The van der Waals surface area contributed by atoms with Gasteiger partial charge < -0.3 is 5.11 Å². The predicted octanol–water partition coefficient (Wildman–Crippen LogP) is 3.94. The lowest BCUT2D eigenvalue weighted by Crippen LogP contribution is -2.25. The van der Waals surface area contributed by atoms with Crippen molar-refractivity contribution in [2.24, 2.45) is 11.3 Å². The molecule has 0 bridgehead atoms. The summed E-state index contributed by atoms with van der Waals surface area (Å²) in [5.74, 6) is 0.454. The number of hydrogen-bond acceptors (Lipinski definition) is 1. The first-order valence-electron chi connectivity index (χ1n) is 6.31. The molecule has 0 amide bonds. The summed E-state index contributed by atoms with van der Waals surface area (Å²) >= 11 is 0. The van der Waals surface area contributed by atoms with Gasteiger partial charge in [0, 0.05) is 0 Å². The highest BCUT2D eigenvalue weighted by molar-refractivity contribution is 5.18. The van der Waals surface area contributed by atoms with Crippen molar-refractivity contribution in [2.75, 3.05) is 0 Å². The van der Waals surface area contributed by atoms with E-state index in [2.05, 4.69) is 13.8 Å². The van der Waals surface area contributed by atoms with Gasteiger partial charge in [0.1, 0.15) is 0 Å². The molecule has 88 valence electrons. The van der Waals surface area contributed by atoms with E-state index in [4.69, 9.17) is 0 Å². The summed E-state index contributed by atoms with van der Waals surface area (Å²) < 4.78 is 0. The minimum atomic E-state index is -0.266. The van der Waals surface area contributed by atoms with Gasteiger partial charge in [0.2, 0.25) is 0 Å². The molecule has 1 nitrogen and oxygen atoms in total. The average molecular weight is 218 g/mol. The highest BCUT2D eigenvalue weighted by Crippen LogP contribution is 2.42. The molecular weight excluding hydrogens is 196 g/mol. The van der Waals surface area contributed by atoms with Gasteiger partial charge in [0.15, 0.2) is 0 Å². The van der Waals surface area contributed by atoms with E-state index in [1.165, 1.54) is 12.8 Å². The maximum Gasteiger partial charge on any atom is 0.0818 e. The molecule has 0 aromatic heterocycles. The van der Waals surface area contributed by atoms with E-state index in [1.807, 2.05) is 30.3 Å². The molecule has 0 radical (unpaired) electrons. The molecule has 16 heavy (non-hydrogen) atoms. The molecule has 1 heteroatoms. The van der Waals surface area contributed by atoms with Crippen LogP contribution in [0.15, 0.2) is 30.3 Å². The topological polar surface area (TPSA) is 20.2 Å². The zero-order chi connectivity index (χ0) is 11.6. The first-order chi connectivity index (χ1) is 7.58. The van der Waals surface area contributed by atoms with Crippen LogP contribution in [0, 0.1) is 11.3 Å². The lowest BCUT2D eigenvalue weighted by molar-refractivity contribution is 0.0567. The lowest BCUT2D eigenvalue weighted by Gasteiger charge is -2.36. The van der Waals surface area contributed by atoms with Crippen LogP contribution in [-0.4, -0.2) is 5.11 Å². The van der Waals surface area contributed by atoms with Gasteiger partial charge in [-0.25, -0.2) is 0 Å². The first-order valence-corrected chi connectivity index (χ1v) is 6.31. The van der Waals surface area contributed by atoms with Crippen molar-refractivity contribution in [3.63, 3.8) is 0 Å². The zero-order valence-corrected chi connectivity index (χ0v) is 10.3. The number of aliphatic hydroxyl groups excluding tert-OH is 1. The van der Waals surface area contributed by atoms with Crippen LogP contribution in [0.1, 0.15) is 51.2 Å². The lowest BCUT2D eigenvalue weighted by atomic mass is 9.71. The molecular formula is C15H22O. The summed E-state index contributed by atoms with van der Waals surface area (Å²) in [6, 6.07) is 10.1. The monoisotopic (exact) mass is 218 g/mol. The zero-order valence-electron chi connectivity index (χ0n) is 10.3. The van der Waals surface area contributed by atoms with Gasteiger partial charge in [0.05, 0.1) is 6.10 Å². The minimum Gasteiger partial charge on any atom is -0.388 e. The van der Waals surface area contributed by atoms with Crippen molar-refractivity contribution in [3.05, 3.63) is 35.9 Å². The molecule has 0 heterocycles. The number of aliphatic hydroxyl groups is 1. The largest absolute Gasteiger partial charge is 0.388 e. The fraction of sp³-hybridized carbons (Fsp3) is 0.600. The van der Waals surface area contributed by atoms with Crippen molar-refractivity contribution in [1.82, 2.24) is 0 Å². The molecule has 1 aliphatic carbocycles. The third kappa shape index (κ3) is 2.65. The smallest absolute Gasteiger partial charge is 0.0818 e. The molecule has 1 aromatic rings. The standard InChI is InChI=1S/C15H22O/c1-15(2)10-8-13(9-11-15)14(16)12-6-4-3-5-7-12/h3-7,13-14,16H,8-11H2,1-2H3. The Morgan fingerprint density at radius 3 is 2.25 bits per heavy atom. The van der Waals surface area contributed by atoms with Gasteiger partial charge in [-0.15, -0.1) is 0 Å². The molecule has 2 rings (SSSR count). The second kappa shape index (κ2) is 4.58. The maximum atomic E-state index is 10.3. The van der Waals surface area contributed by atoms with Gasteiger partial charge in [0.25, 0.3) is 0 Å². The Balaban J connectivity index is 2.00. The van der Waals surface area contributed by atoms with E-state index in [0.717, 1.165) is 18.4 Å². The molecule has 1 N–H and O–H groups in total. The van der Waals surface area contributed by atoms with Crippen LogP contribution in [-0.2, 0) is 0 Å². The summed E-state index contributed by atoms with van der Waals surface area (Å²) in [5.41, 5.74) is 1.56. The van der Waals surface area contributed by atoms with Gasteiger partial charge in [-0.05, 0) is 42.6 Å². The van der Waals surface area contributed by atoms with Crippen LogP contribution in [0.25, 0.3) is 0 Å². The molecule has 0 spiro atoms. The normalized spacial score (nSPS) is 22.9. The highest BCUT2D eigenvalue weighted by atomic mass is 16.3. The summed E-state index contributed by atoms with van der Waals surface area (Å²) in [6.45, 7) is 4.66. The molecule has 0 aliphatic heterocycles. The summed E-state index contributed by atoms with van der Waals surface area (Å²) in [4.78, 5) is 0. The van der Waals surface area contributed by atoms with Crippen LogP contribution >= 0.6 is 0 Å². The minimum absolute atomic E-state index is 0.266. The van der Waals surface area contributed by atoms with Gasteiger partial charge in [-0.3, -0.25) is 0 Å². The van der Waals surface area contributed by atoms with E-state index in [-0.39, 0.29) is 6.10 Å². The highest BCUT2D eigenvalue weighted by Gasteiger charge is 2.30. The van der Waals surface area contributed by atoms with Gasteiger partial charge in [-0.1, -0.05) is 44.2 Å². The Morgan fingerprint density at radius 1 is 1.12 bits per heavy atom. The molecule has 1 fully saturated rings. The third-order valence-electron chi connectivity index (χ3n) is 3.97. The Kier molecular flexibility index (Phi) is 3.34. The number of rotatable bonds is 2. The van der Waals surface area contributed by atoms with E-state index in [1.54, 1.807) is 0 Å². The van der Waals surface area contributed by atoms with Crippen LogP contribution in [0.2, 0.25) is 0 Å². The van der Waals surface area contributed by atoms with Gasteiger partial charge >= 0.3 is 0 Å². The van der Waals surface area contributed by atoms with E-state index in [9.17, 15) is 5.11 Å². The SMILES string of the molecule is CC1(C)CCC(C(O)c2ccccc2)CC1. The van der Waals surface area contributed by atoms with Crippen LogP contribution in [0.3, 0.4) is 0 Å². The van der Waals surface area contributed by atoms with Crippen molar-refractivity contribution in [1.29, 1.82) is 0 Å². The molecule has 1 unspecified atom stereocenters. The predicted molar refractivity (Wildman–Crippen MR) is 67.1 cm³/mol. The van der Waals surface area contributed by atoms with E-state index >= 15 is 0 Å². The fourth-order valence-corrected chi connectivity index (χ4v) is 2.66. The number of hydrogen-bond donors (Lipinski definition) is 1. The Labute approximate surface area is 98.5 Å². The number of benzene rings is 1. The molecule has 1 saturated carbocycles. The van der Waals surface area contributed by atoms with Crippen LogP contribution < -0.4 is 0 Å². The van der Waals surface area contributed by atoms with Gasteiger partial charge in [-0.2, -0.15) is 0 Å². The maximum absolute atomic E-state index is 10.3. The quantitative estimate of drug-likeness (QED) is 0.797. The van der Waals surface area contributed by atoms with Crippen molar-refractivity contribution in [3.8, 4) is 0 Å². The summed E-state index contributed by atoms with van der Waals surface area (Å²) in [6.07, 6.45) is 4.52. The van der Waals surface area contributed by atoms with Crippen LogP contribution in [0.5, 0.6) is 0 Å².